The number of hydrogen-bond acceptors (Lipinski definition) is 6. The van der Waals surface area contributed by atoms with Crippen LogP contribution in [0.5, 0.6) is 0 Å². The first-order valence-corrected chi connectivity index (χ1v) is 28.1. The highest BCUT2D eigenvalue weighted by atomic mass is 35.5. The van der Waals surface area contributed by atoms with Gasteiger partial charge in [0.1, 0.15) is 0 Å². The maximum Gasteiger partial charge on any atom is 0.357 e. The fraction of sp³-hybridized carbons (Fsp3) is 0.281. The van der Waals surface area contributed by atoms with Crippen LogP contribution in [0.3, 0.4) is 0 Å². The summed E-state index contributed by atoms with van der Waals surface area (Å²) in [5.41, 5.74) is 16.6. The van der Waals surface area contributed by atoms with E-state index in [2.05, 4.69) is 163 Å². The molecule has 0 atom stereocenters. The van der Waals surface area contributed by atoms with Crippen molar-refractivity contribution in [2.24, 2.45) is 0 Å². The zero-order valence-electron chi connectivity index (χ0n) is 42.6. The molecule has 374 valence electrons. The van der Waals surface area contributed by atoms with E-state index < -0.39 is 5.97 Å². The Morgan fingerprint density at radius 2 is 1.09 bits per heavy atom. The summed E-state index contributed by atoms with van der Waals surface area (Å²) in [7, 11) is 0. The van der Waals surface area contributed by atoms with E-state index in [9.17, 15) is 9.90 Å². The highest BCUT2D eigenvalue weighted by molar-refractivity contribution is 7.16. The molecule has 74 heavy (non-hydrogen) atoms. The van der Waals surface area contributed by atoms with Gasteiger partial charge in [-0.1, -0.05) is 175 Å². The second-order valence-electron chi connectivity index (χ2n) is 20.3. The van der Waals surface area contributed by atoms with Gasteiger partial charge in [0.05, 0.1) is 15.3 Å². The molecule has 3 heterocycles. The smallest absolute Gasteiger partial charge is 0.357 e. The maximum absolute atomic E-state index is 12.6. The summed E-state index contributed by atoms with van der Waals surface area (Å²) in [5, 5.41) is 24.7. The number of carboxylic acid groups (broad SMARTS) is 1. The Morgan fingerprint density at radius 3 is 1.62 bits per heavy atom. The molecule has 0 aliphatic heterocycles. The number of benzene rings is 6. The predicted molar refractivity (Wildman–Crippen MR) is 307 cm³/mol. The van der Waals surface area contributed by atoms with Crippen molar-refractivity contribution in [1.82, 2.24) is 19.8 Å². The second-order valence-corrected chi connectivity index (χ2v) is 22.2. The Bertz CT molecular complexity index is 3480. The summed E-state index contributed by atoms with van der Waals surface area (Å²) in [6, 6.07) is 51.2. The van der Waals surface area contributed by atoms with Crippen LogP contribution in [0.1, 0.15) is 142 Å². The van der Waals surface area contributed by atoms with Crippen molar-refractivity contribution in [3.63, 3.8) is 0 Å². The molecule has 0 amide bonds. The number of fused-ring (bicyclic) bond motifs is 7. The third-order valence-electron chi connectivity index (χ3n) is 15.9. The number of halogens is 2. The molecule has 11 rings (SSSR count). The van der Waals surface area contributed by atoms with Gasteiger partial charge in [0, 0.05) is 43.2 Å². The van der Waals surface area contributed by atoms with Crippen LogP contribution in [-0.4, -0.2) is 30.9 Å². The number of anilines is 3. The van der Waals surface area contributed by atoms with Crippen LogP contribution in [0.4, 0.5) is 17.1 Å². The molecule has 3 aromatic heterocycles. The number of hydrogen-bond donors (Lipinski definition) is 1. The molecule has 0 saturated carbocycles. The maximum atomic E-state index is 12.6. The minimum atomic E-state index is -1.15. The molecule has 0 unspecified atom stereocenters. The van der Waals surface area contributed by atoms with Gasteiger partial charge in [-0.25, -0.2) is 4.79 Å². The Kier molecular flexibility index (Phi) is 13.8. The van der Waals surface area contributed by atoms with Crippen LogP contribution in [0.2, 0.25) is 10.0 Å². The third-order valence-corrected chi connectivity index (χ3v) is 17.7. The number of unbranched alkanes of at least 4 members (excludes halogenated alkanes) is 4. The standard InChI is InChI=1S/C64H61Cl2N5O2S/c1-5-9-33-63(34-10-6-2)52-19-15-13-17-47(52)49-29-26-44(38-54(49)63)70(45-27-30-50-48-18-14-16-20-53(48)64(35-11-7-3,36-12-8-4)55(50)39-45)43-24-21-41(22-25-43)58-32-28-46(74-58)40-51-59(62(72)73)69-71-60(67-68-61(51)71)42-23-31-56(65)57(66)37-42/h13-32,37-40H,5-12,33-36H2,1-4H3,(H,72,73). The monoisotopic (exact) mass is 1030 g/mol. The summed E-state index contributed by atoms with van der Waals surface area (Å²) in [6.45, 7) is 9.28. The molecular weight excluding hydrogens is 974 g/mol. The minimum absolute atomic E-state index is 0.0523. The quantitative estimate of drug-likeness (QED) is 0.0869. The van der Waals surface area contributed by atoms with Crippen molar-refractivity contribution in [1.29, 1.82) is 0 Å². The predicted octanol–water partition coefficient (Wildman–Crippen LogP) is 17.8. The molecule has 0 spiro atoms. The van der Waals surface area contributed by atoms with Crippen LogP contribution >= 0.6 is 34.5 Å². The lowest BCUT2D eigenvalue weighted by Gasteiger charge is -2.35. The van der Waals surface area contributed by atoms with E-state index in [0.717, 1.165) is 83.7 Å². The van der Waals surface area contributed by atoms with Gasteiger partial charge in [-0.15, -0.1) is 21.5 Å². The van der Waals surface area contributed by atoms with Crippen molar-refractivity contribution in [3.8, 4) is 44.1 Å². The van der Waals surface area contributed by atoms with Gasteiger partial charge in [0.15, 0.2) is 17.2 Å². The summed E-state index contributed by atoms with van der Waals surface area (Å²) >= 11 is 14.1. The van der Waals surface area contributed by atoms with Gasteiger partial charge in [-0.3, -0.25) is 0 Å². The summed E-state index contributed by atoms with van der Waals surface area (Å²) in [4.78, 5) is 17.0. The van der Waals surface area contributed by atoms with Gasteiger partial charge in [-0.05, 0) is 149 Å². The number of thiophene rings is 1. The SMILES string of the molecule is CCCCC1(CCCC)c2ccccc2-c2ccc(N(c3ccc(-c4ccc(C=c5c(C(=O)O)nn6c(-c7ccc(Cl)c(Cl)c7)nnc56)s4)cc3)c3ccc4c(c3)C(CCCC)(CCCC)c3ccccc3-4)cc21. The van der Waals surface area contributed by atoms with Gasteiger partial charge < -0.3 is 10.0 Å². The first-order chi connectivity index (χ1) is 36.1. The average Bonchev–Trinajstić information content (AvgIpc) is 4.27. The average molecular weight is 1040 g/mol. The van der Waals surface area contributed by atoms with Crippen molar-refractivity contribution < 1.29 is 9.90 Å². The van der Waals surface area contributed by atoms with E-state index in [1.807, 2.05) is 12.1 Å². The lowest BCUT2D eigenvalue weighted by atomic mass is 9.70. The molecule has 9 aromatic rings. The summed E-state index contributed by atoms with van der Waals surface area (Å²) in [6.07, 6.45) is 15.7. The Morgan fingerprint density at radius 1 is 0.581 bits per heavy atom. The van der Waals surface area contributed by atoms with Crippen molar-refractivity contribution in [3.05, 3.63) is 188 Å². The largest absolute Gasteiger partial charge is 0.476 e. The van der Waals surface area contributed by atoms with Crippen LogP contribution in [0.15, 0.2) is 140 Å². The van der Waals surface area contributed by atoms with Gasteiger partial charge in [-0.2, -0.15) is 9.61 Å². The number of aromatic nitrogens is 4. The number of carboxylic acids is 1. The zero-order chi connectivity index (χ0) is 51.1. The normalized spacial score (nSPS) is 14.1. The lowest BCUT2D eigenvalue weighted by Crippen LogP contribution is -2.26. The minimum Gasteiger partial charge on any atom is -0.476 e. The molecule has 10 heteroatoms. The van der Waals surface area contributed by atoms with Crippen LogP contribution < -0.4 is 10.1 Å². The molecule has 7 nitrogen and oxygen atoms in total. The molecule has 0 fully saturated rings. The molecule has 0 bridgehead atoms. The van der Waals surface area contributed by atoms with E-state index in [-0.39, 0.29) is 16.5 Å². The Labute approximate surface area is 448 Å². The molecule has 2 aliphatic carbocycles. The van der Waals surface area contributed by atoms with Crippen LogP contribution in [0.25, 0.3) is 55.8 Å². The van der Waals surface area contributed by atoms with E-state index in [1.54, 1.807) is 29.5 Å². The van der Waals surface area contributed by atoms with E-state index in [4.69, 9.17) is 23.2 Å². The highest BCUT2D eigenvalue weighted by Crippen LogP contribution is 2.58. The second kappa shape index (κ2) is 20.6. The van der Waals surface area contributed by atoms with E-state index >= 15 is 0 Å². The first-order valence-electron chi connectivity index (χ1n) is 26.6. The van der Waals surface area contributed by atoms with Gasteiger partial charge in [0.2, 0.25) is 0 Å². The number of aromatic carboxylic acids is 1. The zero-order valence-corrected chi connectivity index (χ0v) is 44.9. The Hall–Kier alpha value is -6.58. The molecule has 1 N–H and O–H groups in total. The van der Waals surface area contributed by atoms with Gasteiger partial charge in [0.25, 0.3) is 0 Å². The number of rotatable bonds is 19. The topological polar surface area (TPSA) is 83.6 Å². The van der Waals surface area contributed by atoms with E-state index in [1.165, 1.54) is 74.7 Å². The summed E-state index contributed by atoms with van der Waals surface area (Å²) in [5.74, 6) is -0.781. The fourth-order valence-corrected chi connectivity index (χ4v) is 13.5. The molecule has 2 aliphatic rings. The fourth-order valence-electron chi connectivity index (χ4n) is 12.3. The Balaban J connectivity index is 1.02. The van der Waals surface area contributed by atoms with Crippen molar-refractivity contribution in [2.75, 3.05) is 4.90 Å². The molecule has 6 aromatic carbocycles. The molecule has 0 radical (unpaired) electrons. The van der Waals surface area contributed by atoms with Crippen molar-refractivity contribution >= 4 is 69.3 Å². The summed E-state index contributed by atoms with van der Waals surface area (Å²) < 4.78 is 1.46. The molecular formula is C64H61Cl2N5O2S. The van der Waals surface area contributed by atoms with Gasteiger partial charge >= 0.3 is 5.97 Å². The van der Waals surface area contributed by atoms with Crippen molar-refractivity contribution in [2.45, 2.75) is 116 Å². The van der Waals surface area contributed by atoms with E-state index in [0.29, 0.717) is 32.3 Å². The third kappa shape index (κ3) is 8.53. The van der Waals surface area contributed by atoms with Crippen LogP contribution in [0, 0.1) is 0 Å². The van der Waals surface area contributed by atoms with Crippen LogP contribution in [-0.2, 0) is 10.8 Å². The highest BCUT2D eigenvalue weighted by Gasteiger charge is 2.44. The first kappa shape index (κ1) is 49.6. The number of nitrogens with zero attached hydrogens (tertiary/aromatic N) is 5. The molecule has 0 saturated heterocycles. The lowest BCUT2D eigenvalue weighted by molar-refractivity contribution is 0.0689. The number of carbonyl (C=O) groups is 1.